The van der Waals surface area contributed by atoms with Gasteiger partial charge >= 0.3 is 12.1 Å². The number of amides is 1. The number of carboxylic acid groups (broad SMARTS) is 1. The van der Waals surface area contributed by atoms with Gasteiger partial charge < -0.3 is 14.7 Å². The molecule has 0 unspecified atom stereocenters. The Hall–Kier alpha value is -2.04. The number of benzene rings is 1. The lowest BCUT2D eigenvalue weighted by Crippen LogP contribution is -2.35. The number of ether oxygens (including phenoxy) is 1. The maximum absolute atomic E-state index is 12.3. The number of carboxylic acids is 1. The van der Waals surface area contributed by atoms with Gasteiger partial charge in [0.25, 0.3) is 0 Å². The Morgan fingerprint density at radius 2 is 1.87 bits per heavy atom. The van der Waals surface area contributed by atoms with E-state index in [9.17, 15) is 14.7 Å². The molecule has 1 fully saturated rings. The van der Waals surface area contributed by atoms with Crippen molar-refractivity contribution in [3.05, 3.63) is 34.9 Å². The quantitative estimate of drug-likeness (QED) is 0.908. The van der Waals surface area contributed by atoms with Crippen LogP contribution in [0.1, 0.15) is 43.4 Å². The zero-order chi connectivity index (χ0) is 17.4. The number of hydrogen-bond donors (Lipinski definition) is 1. The highest BCUT2D eigenvalue weighted by Gasteiger charge is 2.42. The van der Waals surface area contributed by atoms with Crippen LogP contribution in [0.15, 0.2) is 18.2 Å². The number of hydrogen-bond acceptors (Lipinski definition) is 3. The smallest absolute Gasteiger partial charge is 0.410 e. The molecule has 1 aromatic carbocycles. The minimum atomic E-state index is -0.873. The summed E-state index contributed by atoms with van der Waals surface area (Å²) in [5.41, 5.74) is 2.56. The lowest BCUT2D eigenvalue weighted by atomic mass is 9.86. The fourth-order valence-corrected chi connectivity index (χ4v) is 3.00. The van der Waals surface area contributed by atoms with Gasteiger partial charge in [0.2, 0.25) is 0 Å². The van der Waals surface area contributed by atoms with E-state index in [1.54, 1.807) is 20.8 Å². The number of likely N-dealkylation sites (tertiary alicyclic amines) is 1. The average Bonchev–Trinajstić information content (AvgIpc) is 2.85. The maximum Gasteiger partial charge on any atom is 0.410 e. The summed E-state index contributed by atoms with van der Waals surface area (Å²) in [5, 5.41) is 9.56. The summed E-state index contributed by atoms with van der Waals surface area (Å²) in [6, 6.07) is 6.03. The topological polar surface area (TPSA) is 66.8 Å². The predicted octanol–water partition coefficient (Wildman–Crippen LogP) is 3.34. The molecule has 1 N–H and O–H groups in total. The van der Waals surface area contributed by atoms with E-state index < -0.39 is 23.6 Å². The van der Waals surface area contributed by atoms with Crippen molar-refractivity contribution in [2.45, 2.75) is 46.1 Å². The molecule has 1 aliphatic rings. The first-order valence-electron chi connectivity index (χ1n) is 7.86. The van der Waals surface area contributed by atoms with Crippen molar-refractivity contribution < 1.29 is 19.4 Å². The third-order valence-corrected chi connectivity index (χ3v) is 4.12. The van der Waals surface area contributed by atoms with Crippen LogP contribution in [0, 0.1) is 19.8 Å². The van der Waals surface area contributed by atoms with E-state index >= 15 is 0 Å². The molecule has 1 aromatic rings. The van der Waals surface area contributed by atoms with Crippen LogP contribution in [0.3, 0.4) is 0 Å². The molecule has 0 radical (unpaired) electrons. The van der Waals surface area contributed by atoms with Crippen LogP contribution in [0.2, 0.25) is 0 Å². The van der Waals surface area contributed by atoms with Gasteiger partial charge in [-0.3, -0.25) is 4.79 Å². The summed E-state index contributed by atoms with van der Waals surface area (Å²) in [6.07, 6.45) is -0.448. The normalized spacial score (nSPS) is 21.3. The number of nitrogens with zero attached hydrogens (tertiary/aromatic N) is 1. The Balaban J connectivity index is 2.27. The largest absolute Gasteiger partial charge is 0.481 e. The van der Waals surface area contributed by atoms with Crippen molar-refractivity contribution in [2.75, 3.05) is 13.1 Å². The molecular formula is C18H25NO4. The van der Waals surface area contributed by atoms with Crippen molar-refractivity contribution >= 4 is 12.1 Å². The highest BCUT2D eigenvalue weighted by Crippen LogP contribution is 2.35. The summed E-state index contributed by atoms with van der Waals surface area (Å²) in [7, 11) is 0. The fraction of sp³-hybridized carbons (Fsp3) is 0.556. The van der Waals surface area contributed by atoms with Crippen molar-refractivity contribution in [1.29, 1.82) is 0 Å². The van der Waals surface area contributed by atoms with E-state index in [-0.39, 0.29) is 12.5 Å². The SMILES string of the molecule is Cc1ccc(C)c([C@@H]2CN(C(=O)OC(C)(C)C)C[C@H]2C(=O)O)c1. The second-order valence-corrected chi connectivity index (χ2v) is 7.30. The van der Waals surface area contributed by atoms with Crippen molar-refractivity contribution in [3.63, 3.8) is 0 Å². The third kappa shape index (κ3) is 4.03. The summed E-state index contributed by atoms with van der Waals surface area (Å²) in [6.45, 7) is 9.93. The molecule has 0 spiro atoms. The second-order valence-electron chi connectivity index (χ2n) is 7.30. The molecular weight excluding hydrogens is 294 g/mol. The average molecular weight is 319 g/mol. The van der Waals surface area contributed by atoms with E-state index in [0.29, 0.717) is 6.54 Å². The fourth-order valence-electron chi connectivity index (χ4n) is 3.00. The van der Waals surface area contributed by atoms with Crippen molar-refractivity contribution in [2.24, 2.45) is 5.92 Å². The lowest BCUT2D eigenvalue weighted by molar-refractivity contribution is -0.141. The number of rotatable bonds is 2. The van der Waals surface area contributed by atoms with Gasteiger partial charge in [0.05, 0.1) is 5.92 Å². The maximum atomic E-state index is 12.3. The number of aliphatic carboxylic acids is 1. The minimum Gasteiger partial charge on any atom is -0.481 e. The molecule has 5 heteroatoms. The van der Waals surface area contributed by atoms with Gasteiger partial charge in [-0.1, -0.05) is 23.8 Å². The molecule has 1 saturated heterocycles. The number of carbonyl (C=O) groups is 2. The van der Waals surface area contributed by atoms with Gasteiger partial charge in [0.1, 0.15) is 5.60 Å². The Labute approximate surface area is 137 Å². The standard InChI is InChI=1S/C18H25NO4/c1-11-6-7-12(2)13(8-11)14-9-19(10-15(14)16(20)21)17(22)23-18(3,4)5/h6-8,14-15H,9-10H2,1-5H3,(H,20,21)/t14-,15+/m0/s1. The van der Waals surface area contributed by atoms with Crippen molar-refractivity contribution in [1.82, 2.24) is 4.90 Å². The molecule has 2 atom stereocenters. The highest BCUT2D eigenvalue weighted by molar-refractivity contribution is 5.76. The van der Waals surface area contributed by atoms with Crippen LogP contribution in [0.25, 0.3) is 0 Å². The molecule has 0 bridgehead atoms. The van der Waals surface area contributed by atoms with Crippen LogP contribution >= 0.6 is 0 Å². The number of carbonyl (C=O) groups excluding carboxylic acids is 1. The van der Waals surface area contributed by atoms with E-state index in [1.165, 1.54) is 4.90 Å². The first kappa shape index (κ1) is 17.3. The van der Waals surface area contributed by atoms with Crippen LogP contribution in [0.4, 0.5) is 4.79 Å². The summed E-state index contributed by atoms with van der Waals surface area (Å²) < 4.78 is 5.38. The van der Waals surface area contributed by atoms with Crippen LogP contribution in [0.5, 0.6) is 0 Å². The first-order chi connectivity index (χ1) is 10.6. The monoisotopic (exact) mass is 319 g/mol. The molecule has 23 heavy (non-hydrogen) atoms. The van der Waals surface area contributed by atoms with Gasteiger partial charge in [0, 0.05) is 19.0 Å². The van der Waals surface area contributed by atoms with Crippen LogP contribution < -0.4 is 0 Å². The minimum absolute atomic E-state index is 0.183. The second kappa shape index (κ2) is 6.22. The molecule has 1 amide bonds. The van der Waals surface area contributed by atoms with Crippen molar-refractivity contribution in [3.8, 4) is 0 Å². The van der Waals surface area contributed by atoms with E-state index in [1.807, 2.05) is 32.0 Å². The third-order valence-electron chi connectivity index (χ3n) is 4.12. The van der Waals surface area contributed by atoms with Gasteiger partial charge in [-0.25, -0.2) is 4.79 Å². The Morgan fingerprint density at radius 3 is 2.43 bits per heavy atom. The van der Waals surface area contributed by atoms with Gasteiger partial charge in [-0.2, -0.15) is 0 Å². The molecule has 1 aliphatic heterocycles. The predicted molar refractivity (Wildman–Crippen MR) is 87.6 cm³/mol. The van der Waals surface area contributed by atoms with Gasteiger partial charge in [-0.15, -0.1) is 0 Å². The lowest BCUT2D eigenvalue weighted by Gasteiger charge is -2.24. The van der Waals surface area contributed by atoms with Crippen LogP contribution in [-0.2, 0) is 9.53 Å². The Morgan fingerprint density at radius 1 is 1.22 bits per heavy atom. The summed E-state index contributed by atoms with van der Waals surface area (Å²) in [5.74, 6) is -1.69. The van der Waals surface area contributed by atoms with Crippen LogP contribution in [-0.4, -0.2) is 40.8 Å². The zero-order valence-electron chi connectivity index (χ0n) is 14.4. The van der Waals surface area contributed by atoms with Gasteiger partial charge in [-0.05, 0) is 45.7 Å². The number of aryl methyl sites for hydroxylation is 2. The zero-order valence-corrected chi connectivity index (χ0v) is 14.4. The molecule has 126 valence electrons. The Bertz CT molecular complexity index is 618. The van der Waals surface area contributed by atoms with E-state index in [2.05, 4.69) is 0 Å². The van der Waals surface area contributed by atoms with E-state index in [4.69, 9.17) is 4.74 Å². The summed E-state index contributed by atoms with van der Waals surface area (Å²) >= 11 is 0. The van der Waals surface area contributed by atoms with Gasteiger partial charge in [0.15, 0.2) is 0 Å². The molecule has 0 aromatic heterocycles. The van der Waals surface area contributed by atoms with E-state index in [0.717, 1.165) is 16.7 Å². The highest BCUT2D eigenvalue weighted by atomic mass is 16.6. The molecule has 5 nitrogen and oxygen atoms in total. The molecule has 1 heterocycles. The molecule has 2 rings (SSSR count). The summed E-state index contributed by atoms with van der Waals surface area (Å²) in [4.78, 5) is 25.4. The first-order valence-corrected chi connectivity index (χ1v) is 7.86. The molecule has 0 aliphatic carbocycles. The molecule has 0 saturated carbocycles. The Kier molecular flexibility index (Phi) is 4.68.